The summed E-state index contributed by atoms with van der Waals surface area (Å²) in [6.07, 6.45) is 8.04. The summed E-state index contributed by atoms with van der Waals surface area (Å²) in [5.41, 5.74) is 0.0783. The van der Waals surface area contributed by atoms with Crippen molar-refractivity contribution in [3.05, 3.63) is 11.8 Å². The first-order chi connectivity index (χ1) is 7.45. The second-order valence-electron chi connectivity index (χ2n) is 5.00. The Balaban J connectivity index is 2.23. The van der Waals surface area contributed by atoms with Crippen LogP contribution >= 0.6 is 0 Å². The number of carbonyl (C=O) groups excluding carboxylic acids is 1. The van der Waals surface area contributed by atoms with Crippen molar-refractivity contribution in [3.8, 4) is 0 Å². The van der Waals surface area contributed by atoms with Gasteiger partial charge in [-0.1, -0.05) is 19.8 Å². The zero-order chi connectivity index (χ0) is 11.8. The molecule has 0 saturated heterocycles. The van der Waals surface area contributed by atoms with Crippen LogP contribution in [0.4, 0.5) is 0 Å². The minimum Gasteiger partial charge on any atom is -0.432 e. The van der Waals surface area contributed by atoms with Crippen LogP contribution in [0.2, 0.25) is 0 Å². The van der Waals surface area contributed by atoms with Gasteiger partial charge in [-0.05, 0) is 36.6 Å². The average Bonchev–Trinajstić information content (AvgIpc) is 2.18. The van der Waals surface area contributed by atoms with Gasteiger partial charge in [0, 0.05) is 14.7 Å². The second-order valence-corrected chi connectivity index (χ2v) is 5.00. The molecule has 0 bridgehead atoms. The molecular formula is C13H20O2. The van der Waals surface area contributed by atoms with E-state index in [2.05, 4.69) is 6.92 Å². The van der Waals surface area contributed by atoms with Crippen LogP contribution in [0.1, 0.15) is 53.7 Å². The van der Waals surface area contributed by atoms with Gasteiger partial charge in [-0.15, -0.1) is 0 Å². The fourth-order valence-electron chi connectivity index (χ4n) is 2.76. The summed E-state index contributed by atoms with van der Waals surface area (Å²) in [7, 11) is 0. The largest absolute Gasteiger partial charge is 0.432 e. The molecule has 0 aliphatic heterocycles. The van der Waals surface area contributed by atoms with Gasteiger partial charge in [-0.25, -0.2) is 0 Å². The average molecular weight is 209 g/mol. The minimum atomic E-state index is -0.520. The maximum Gasteiger partial charge on any atom is 0.307 e. The molecule has 2 rings (SSSR count). The van der Waals surface area contributed by atoms with Crippen LogP contribution in [0.15, 0.2) is 11.8 Å². The van der Waals surface area contributed by atoms with Gasteiger partial charge in [-0.2, -0.15) is 0 Å². The van der Waals surface area contributed by atoms with Crippen molar-refractivity contribution >= 4 is 5.97 Å². The van der Waals surface area contributed by atoms with Crippen LogP contribution < -0.4 is 0 Å². The maximum atomic E-state index is 10.9. The van der Waals surface area contributed by atoms with Crippen LogP contribution in [0.5, 0.6) is 0 Å². The molecule has 0 radical (unpaired) electrons. The second kappa shape index (κ2) is 3.99. The molecule has 0 heterocycles. The number of hydrogen-bond acceptors (Lipinski definition) is 2. The SMILES string of the molecule is [2H][C@]12C=C(OC(C)=O)CC[C@@]1(C)CCCC2. The van der Waals surface area contributed by atoms with Crippen LogP contribution in [0.3, 0.4) is 0 Å². The topological polar surface area (TPSA) is 26.3 Å². The van der Waals surface area contributed by atoms with Gasteiger partial charge in [0.15, 0.2) is 0 Å². The number of esters is 1. The third kappa shape index (κ3) is 2.24. The highest BCUT2D eigenvalue weighted by Crippen LogP contribution is 2.48. The first kappa shape index (κ1) is 9.44. The first-order valence-corrected chi connectivity index (χ1v) is 5.85. The van der Waals surface area contributed by atoms with Crippen molar-refractivity contribution in [1.82, 2.24) is 0 Å². The molecule has 0 unspecified atom stereocenters. The number of allylic oxidation sites excluding steroid dienone is 2. The first-order valence-electron chi connectivity index (χ1n) is 6.35. The lowest BCUT2D eigenvalue weighted by molar-refractivity contribution is -0.137. The molecular weight excluding hydrogens is 188 g/mol. The third-order valence-electron chi connectivity index (χ3n) is 3.73. The number of fused-ring (bicyclic) bond motifs is 1. The van der Waals surface area contributed by atoms with Gasteiger partial charge < -0.3 is 4.74 Å². The number of hydrogen-bond donors (Lipinski definition) is 0. The molecule has 1 fully saturated rings. The summed E-state index contributed by atoms with van der Waals surface area (Å²) >= 11 is 0. The number of carbonyl (C=O) groups is 1. The Morgan fingerprint density at radius 1 is 1.60 bits per heavy atom. The third-order valence-corrected chi connectivity index (χ3v) is 3.73. The zero-order valence-corrected chi connectivity index (χ0v) is 9.64. The Bertz CT molecular complexity index is 337. The lowest BCUT2D eigenvalue weighted by atomic mass is 9.63. The highest BCUT2D eigenvalue weighted by Gasteiger charge is 2.38. The van der Waals surface area contributed by atoms with Crippen LogP contribution in [0, 0.1) is 11.3 Å². The van der Waals surface area contributed by atoms with Crippen molar-refractivity contribution < 1.29 is 10.9 Å². The van der Waals surface area contributed by atoms with Crippen molar-refractivity contribution in [1.29, 1.82) is 0 Å². The molecule has 2 atom stereocenters. The minimum absolute atomic E-state index is 0.0783. The molecule has 0 aromatic rings. The lowest BCUT2D eigenvalue weighted by Gasteiger charge is -2.43. The Kier molecular flexibility index (Phi) is 2.51. The maximum absolute atomic E-state index is 10.9. The molecule has 2 aliphatic rings. The Labute approximate surface area is 93.1 Å². The smallest absolute Gasteiger partial charge is 0.307 e. The van der Waals surface area contributed by atoms with Crippen LogP contribution in [-0.4, -0.2) is 5.97 Å². The molecule has 0 N–H and O–H groups in total. The van der Waals surface area contributed by atoms with Gasteiger partial charge in [0.1, 0.15) is 5.76 Å². The quantitative estimate of drug-likeness (QED) is 0.618. The van der Waals surface area contributed by atoms with Crippen molar-refractivity contribution in [2.45, 2.75) is 52.4 Å². The molecule has 0 amide bonds. The molecule has 1 saturated carbocycles. The summed E-state index contributed by atoms with van der Waals surface area (Å²) in [6, 6.07) is 0. The summed E-state index contributed by atoms with van der Waals surface area (Å²) < 4.78 is 13.7. The summed E-state index contributed by atoms with van der Waals surface area (Å²) in [5, 5.41) is 0. The number of rotatable bonds is 1. The van der Waals surface area contributed by atoms with E-state index in [1.54, 1.807) is 0 Å². The van der Waals surface area contributed by atoms with Crippen LogP contribution in [-0.2, 0) is 9.53 Å². The van der Waals surface area contributed by atoms with E-state index in [-0.39, 0.29) is 11.4 Å². The Hall–Kier alpha value is -0.790. The normalized spacial score (nSPS) is 41.2. The van der Waals surface area contributed by atoms with Gasteiger partial charge in [0.25, 0.3) is 0 Å². The van der Waals surface area contributed by atoms with E-state index in [1.807, 2.05) is 6.08 Å². The Morgan fingerprint density at radius 3 is 3.13 bits per heavy atom. The fourth-order valence-corrected chi connectivity index (χ4v) is 2.76. The van der Waals surface area contributed by atoms with E-state index in [9.17, 15) is 4.79 Å². The predicted molar refractivity (Wildman–Crippen MR) is 59.1 cm³/mol. The molecule has 2 aliphatic carbocycles. The van der Waals surface area contributed by atoms with Gasteiger partial charge in [0.05, 0.1) is 0 Å². The number of ether oxygens (including phenoxy) is 1. The standard InChI is InChI=1S/C13H20O2/c1-10(14)15-12-6-8-13(2)7-4-3-5-11(13)9-12/h9,11H,3-8H2,1-2H3/t11-,13+/m0/s1/i11D. The fraction of sp³-hybridized carbons (Fsp3) is 0.769. The van der Waals surface area contributed by atoms with E-state index in [4.69, 9.17) is 6.11 Å². The highest BCUT2D eigenvalue weighted by molar-refractivity contribution is 5.67. The molecule has 0 spiro atoms. The summed E-state index contributed by atoms with van der Waals surface area (Å²) in [4.78, 5) is 10.9. The van der Waals surface area contributed by atoms with E-state index in [0.717, 1.165) is 32.1 Å². The van der Waals surface area contributed by atoms with E-state index >= 15 is 0 Å². The molecule has 84 valence electrons. The molecule has 0 aromatic carbocycles. The molecule has 2 heteroatoms. The molecule has 2 nitrogen and oxygen atoms in total. The van der Waals surface area contributed by atoms with Gasteiger partial charge in [0.2, 0.25) is 0 Å². The molecule has 0 aromatic heterocycles. The zero-order valence-electron chi connectivity index (χ0n) is 10.6. The van der Waals surface area contributed by atoms with Gasteiger partial charge >= 0.3 is 5.97 Å². The highest BCUT2D eigenvalue weighted by atomic mass is 16.5. The van der Waals surface area contributed by atoms with Crippen molar-refractivity contribution in [2.75, 3.05) is 0 Å². The van der Waals surface area contributed by atoms with Crippen LogP contribution in [0.25, 0.3) is 0 Å². The summed E-state index contributed by atoms with van der Waals surface area (Å²) in [6.45, 7) is 3.63. The Morgan fingerprint density at radius 2 is 2.40 bits per heavy atom. The monoisotopic (exact) mass is 209 g/mol. The summed E-state index contributed by atoms with van der Waals surface area (Å²) in [5.74, 6) is -0.0787. The van der Waals surface area contributed by atoms with Gasteiger partial charge in [-0.3, -0.25) is 4.79 Å². The van der Waals surface area contributed by atoms with E-state index in [1.165, 1.54) is 13.3 Å². The van der Waals surface area contributed by atoms with Crippen molar-refractivity contribution in [2.24, 2.45) is 11.3 Å². The van der Waals surface area contributed by atoms with E-state index in [0.29, 0.717) is 5.76 Å². The van der Waals surface area contributed by atoms with Crippen molar-refractivity contribution in [3.63, 3.8) is 0 Å². The predicted octanol–water partition coefficient (Wildman–Crippen LogP) is 3.42. The lowest BCUT2D eigenvalue weighted by Crippen LogP contribution is -2.33. The van der Waals surface area contributed by atoms with E-state index < -0.39 is 5.89 Å². The molecule has 15 heavy (non-hydrogen) atoms.